The average molecular weight is 695 g/mol. The van der Waals surface area contributed by atoms with Crippen molar-refractivity contribution in [1.29, 1.82) is 0 Å². The molecule has 1 aliphatic rings. The van der Waals surface area contributed by atoms with Crippen molar-refractivity contribution in [3.63, 3.8) is 0 Å². The molecule has 5 heteroatoms. The van der Waals surface area contributed by atoms with E-state index in [-0.39, 0.29) is 32.7 Å². The first-order valence-corrected chi connectivity index (χ1v) is 18.8. The second-order valence-corrected chi connectivity index (χ2v) is 14.0. The zero-order chi connectivity index (χ0) is 32.8. The van der Waals surface area contributed by atoms with Crippen molar-refractivity contribution in [1.82, 2.24) is 4.90 Å². The molecule has 43 heavy (non-hydrogen) atoms. The van der Waals surface area contributed by atoms with Crippen LogP contribution in [0.25, 0.3) is 11.0 Å². The molecular weight excluding hydrogens is 639 g/mol. The van der Waals surface area contributed by atoms with E-state index in [4.69, 9.17) is 18.8 Å². The van der Waals surface area contributed by atoms with Gasteiger partial charge in [0.05, 0.1) is 5.76 Å². The maximum absolute atomic E-state index is 6.17. The van der Waals surface area contributed by atoms with Crippen molar-refractivity contribution in [2.45, 2.75) is 113 Å². The molecule has 0 bridgehead atoms. The average Bonchev–Trinajstić information content (AvgIpc) is 3.53. The predicted octanol–water partition coefficient (Wildman–Crippen LogP) is 11.8. The molecule has 1 unspecified atom stereocenters. The van der Waals surface area contributed by atoms with Gasteiger partial charge in [-0.25, -0.2) is 6.54 Å². The van der Waals surface area contributed by atoms with Crippen LogP contribution in [0.5, 0.6) is 5.75 Å². The Morgan fingerprint density at radius 3 is 2.19 bits per heavy atom. The van der Waals surface area contributed by atoms with E-state index in [1.165, 1.54) is 23.1 Å². The summed E-state index contributed by atoms with van der Waals surface area (Å²) in [7, 11) is 5.72. The third-order valence-corrected chi connectivity index (χ3v) is 8.53. The Kier molecular flexibility index (Phi) is 16.8. The summed E-state index contributed by atoms with van der Waals surface area (Å²) < 4.78 is 13.8. The van der Waals surface area contributed by atoms with E-state index < -0.39 is 0 Å². The second kappa shape index (κ2) is 18.6. The zero-order valence-corrected chi connectivity index (χ0v) is 31.2. The molecule has 1 aliphatic heterocycles. The number of allylic oxidation sites excluding steroid dienone is 3. The predicted molar refractivity (Wildman–Crippen MR) is 187 cm³/mol. The van der Waals surface area contributed by atoms with E-state index in [1.807, 2.05) is 74.8 Å². The van der Waals surface area contributed by atoms with Crippen molar-refractivity contribution in [3.8, 4) is 5.75 Å². The van der Waals surface area contributed by atoms with Gasteiger partial charge in [-0.05, 0) is 63.4 Å². The van der Waals surface area contributed by atoms with Crippen LogP contribution in [-0.4, -0.2) is 21.2 Å². The molecule has 2 aromatic carbocycles. The number of hydrogen-bond donors (Lipinski definition) is 0. The minimum Gasteiger partial charge on any atom is -0.0651 e. The Bertz CT molecular complexity index is 1290. The van der Waals surface area contributed by atoms with Gasteiger partial charge in [0.1, 0.15) is 5.58 Å². The summed E-state index contributed by atoms with van der Waals surface area (Å²) in [6, 6.07) is 18.4. The summed E-state index contributed by atoms with van der Waals surface area (Å²) in [6.07, 6.45) is 4.46. The van der Waals surface area contributed by atoms with Crippen molar-refractivity contribution in [2.75, 3.05) is 0 Å². The van der Waals surface area contributed by atoms with E-state index >= 15 is 0 Å². The van der Waals surface area contributed by atoms with Crippen LogP contribution in [0.4, 0.5) is 0 Å². The SMILES string of the molecule is C=C/C(C)=C(\C)N1[CH-]C(C)(c2cc3ccccc3o2)CC1(C)C.CC.CC(C)Oc1ccccc1[CH]=[Ru][Cl].CCC(C)C. The summed E-state index contributed by atoms with van der Waals surface area (Å²) in [5.41, 5.74) is 4.47. The van der Waals surface area contributed by atoms with Gasteiger partial charge in [-0.3, -0.25) is 0 Å². The van der Waals surface area contributed by atoms with Crippen molar-refractivity contribution < 1.29 is 24.8 Å². The third kappa shape index (κ3) is 11.7. The van der Waals surface area contributed by atoms with E-state index in [0.717, 1.165) is 35.0 Å². The van der Waals surface area contributed by atoms with Crippen LogP contribution in [0.1, 0.15) is 107 Å². The van der Waals surface area contributed by atoms with Crippen LogP contribution in [0, 0.1) is 12.5 Å². The maximum Gasteiger partial charge on any atom is -0.0474 e. The molecule has 241 valence electrons. The summed E-state index contributed by atoms with van der Waals surface area (Å²) in [4.78, 5) is 2.39. The molecular formula is C38H56ClNO2Ru-. The van der Waals surface area contributed by atoms with Crippen LogP contribution in [-0.2, 0) is 21.1 Å². The monoisotopic (exact) mass is 695 g/mol. The summed E-state index contributed by atoms with van der Waals surface area (Å²) in [5, 5.41) is 1.17. The van der Waals surface area contributed by atoms with Crippen LogP contribution in [0.15, 0.2) is 82.9 Å². The first-order valence-electron chi connectivity index (χ1n) is 15.5. The summed E-state index contributed by atoms with van der Waals surface area (Å²) in [5.74, 6) is 2.85. The number of hydrogen-bond acceptors (Lipinski definition) is 3. The minimum atomic E-state index is -0.191. The molecule has 4 rings (SSSR count). The van der Waals surface area contributed by atoms with Gasteiger partial charge in [0.2, 0.25) is 0 Å². The number of para-hydroxylation sites is 2. The Balaban J connectivity index is 0.000000390. The van der Waals surface area contributed by atoms with Crippen molar-refractivity contribution in [3.05, 3.63) is 96.4 Å². The number of benzene rings is 2. The molecule has 1 fully saturated rings. The van der Waals surface area contributed by atoms with Crippen LogP contribution in [0.3, 0.4) is 0 Å². The first-order chi connectivity index (χ1) is 20.3. The number of ether oxygens (including phenoxy) is 1. The second-order valence-electron chi connectivity index (χ2n) is 12.2. The largest absolute Gasteiger partial charge is 0.0651 e. The van der Waals surface area contributed by atoms with E-state index in [1.54, 1.807) is 0 Å². The molecule has 3 nitrogen and oxygen atoms in total. The number of nitrogens with zero attached hydrogens (tertiary/aromatic N) is 1. The first kappa shape index (κ1) is 38.9. The molecule has 0 radical (unpaired) electrons. The fourth-order valence-electron chi connectivity index (χ4n) is 4.76. The normalized spacial score (nSPS) is 18.1. The topological polar surface area (TPSA) is 25.6 Å². The molecule has 0 aliphatic carbocycles. The molecule has 1 aromatic heterocycles. The van der Waals surface area contributed by atoms with Gasteiger partial charge in [0, 0.05) is 10.9 Å². The van der Waals surface area contributed by atoms with Gasteiger partial charge >= 0.3 is 90.3 Å². The van der Waals surface area contributed by atoms with Crippen LogP contribution < -0.4 is 4.74 Å². The number of furan rings is 1. The number of halogens is 1. The zero-order valence-electron chi connectivity index (χ0n) is 28.7. The van der Waals surface area contributed by atoms with Gasteiger partial charge in [0.15, 0.2) is 0 Å². The fraction of sp³-hybridized carbons (Fsp3) is 0.474. The van der Waals surface area contributed by atoms with E-state index in [9.17, 15) is 0 Å². The molecule has 3 aromatic rings. The maximum atomic E-state index is 6.17. The molecule has 1 atom stereocenters. The summed E-state index contributed by atoms with van der Waals surface area (Å²) >= 11 is -0.191. The Labute approximate surface area is 274 Å². The van der Waals surface area contributed by atoms with Gasteiger partial charge in [-0.15, -0.1) is 0 Å². The fourth-order valence-corrected chi connectivity index (χ4v) is 5.87. The Morgan fingerprint density at radius 2 is 1.65 bits per heavy atom. The quantitative estimate of drug-likeness (QED) is 0.140. The molecule has 1 saturated heterocycles. The van der Waals surface area contributed by atoms with Gasteiger partial charge < -0.3 is 9.32 Å². The standard InChI is InChI=1S/C21H26NO.C10H12O.C5H12.C2H6.ClH.Ru/c1-7-15(2)16(3)22-14-21(6,13-20(22,4)5)19-12-17-10-8-9-11-18(17)23-19;1-8(2)11-10-7-5-4-6-9(10)3;1-4-5(2)3;1-2;;/h7-12,14H,1,13H2,2-6H3;3-8H,1-2H3;5H,4H2,1-3H3;1-2H3;1H;/q-1;;;;;+1/p-1/b16-15+;;;;;. The Morgan fingerprint density at radius 1 is 1.07 bits per heavy atom. The molecule has 0 saturated carbocycles. The molecule has 0 spiro atoms. The number of fused-ring (bicyclic) bond motifs is 1. The van der Waals surface area contributed by atoms with E-state index in [0.29, 0.717) is 0 Å². The van der Waals surface area contributed by atoms with Crippen LogP contribution >= 0.6 is 9.69 Å². The summed E-state index contributed by atoms with van der Waals surface area (Å²) in [6.45, 7) is 32.0. The molecule has 2 heterocycles. The molecule has 0 amide bonds. The third-order valence-electron chi connectivity index (χ3n) is 7.34. The van der Waals surface area contributed by atoms with Crippen molar-refractivity contribution >= 4 is 25.3 Å². The Hall–Kier alpha value is -2.16. The molecule has 0 N–H and O–H groups in total. The minimum absolute atomic E-state index is 0.0437. The van der Waals surface area contributed by atoms with Gasteiger partial charge in [-0.2, -0.15) is 0 Å². The van der Waals surface area contributed by atoms with Gasteiger partial charge in [0.25, 0.3) is 0 Å². The van der Waals surface area contributed by atoms with Crippen molar-refractivity contribution in [2.24, 2.45) is 5.92 Å². The van der Waals surface area contributed by atoms with Gasteiger partial charge in [-0.1, -0.05) is 84.2 Å². The van der Waals surface area contributed by atoms with E-state index in [2.05, 4.69) is 91.6 Å². The smallest absolute Gasteiger partial charge is 0.0474 e. The number of rotatable bonds is 7. The number of likely N-dealkylation sites (tertiary alicyclic amines) is 1. The van der Waals surface area contributed by atoms with Crippen LogP contribution in [0.2, 0.25) is 0 Å².